The molecule has 1 aromatic rings. The van der Waals surface area contributed by atoms with E-state index in [1.165, 1.54) is 32.1 Å². The Morgan fingerprint density at radius 3 is 2.48 bits per heavy atom. The summed E-state index contributed by atoms with van der Waals surface area (Å²) in [5.41, 5.74) is 2.76. The van der Waals surface area contributed by atoms with Gasteiger partial charge in [-0.05, 0) is 43.7 Å². The number of anilines is 1. The van der Waals surface area contributed by atoms with Crippen molar-refractivity contribution in [1.29, 1.82) is 0 Å². The summed E-state index contributed by atoms with van der Waals surface area (Å²) in [4.78, 5) is 12.4. The quantitative estimate of drug-likeness (QED) is 0.860. The molecule has 1 fully saturated rings. The average Bonchev–Trinajstić information content (AvgIpc) is 2.53. The van der Waals surface area contributed by atoms with Crippen molar-refractivity contribution >= 4 is 11.6 Å². The Hall–Kier alpha value is -1.51. The number of aryl methyl sites for hydroxylation is 1. The van der Waals surface area contributed by atoms with E-state index in [-0.39, 0.29) is 5.91 Å². The maximum atomic E-state index is 12.4. The first-order chi connectivity index (χ1) is 10.1. The molecule has 2 N–H and O–H groups in total. The van der Waals surface area contributed by atoms with Gasteiger partial charge in [-0.2, -0.15) is 0 Å². The Morgan fingerprint density at radius 2 is 1.86 bits per heavy atom. The fourth-order valence-corrected chi connectivity index (χ4v) is 3.24. The topological polar surface area (TPSA) is 41.1 Å². The van der Waals surface area contributed by atoms with E-state index in [9.17, 15) is 4.79 Å². The molecule has 0 heterocycles. The van der Waals surface area contributed by atoms with Gasteiger partial charge in [-0.15, -0.1) is 0 Å². The second-order valence-electron chi connectivity index (χ2n) is 6.30. The van der Waals surface area contributed by atoms with E-state index in [1.807, 2.05) is 32.2 Å². The van der Waals surface area contributed by atoms with Crippen LogP contribution in [0.5, 0.6) is 0 Å². The van der Waals surface area contributed by atoms with E-state index in [0.29, 0.717) is 5.92 Å². The van der Waals surface area contributed by atoms with Crippen LogP contribution >= 0.6 is 0 Å². The van der Waals surface area contributed by atoms with Crippen LogP contribution in [-0.4, -0.2) is 19.5 Å². The molecular weight excluding hydrogens is 260 g/mol. The predicted octanol–water partition coefficient (Wildman–Crippen LogP) is 3.98. The van der Waals surface area contributed by atoms with E-state index >= 15 is 0 Å². The second-order valence-corrected chi connectivity index (χ2v) is 6.30. The van der Waals surface area contributed by atoms with Gasteiger partial charge in [0.05, 0.1) is 5.56 Å². The Bertz CT molecular complexity index is 476. The van der Waals surface area contributed by atoms with Crippen LogP contribution in [0.1, 0.15) is 54.9 Å². The second kappa shape index (κ2) is 7.48. The molecule has 0 atom stereocenters. The summed E-state index contributed by atoms with van der Waals surface area (Å²) < 4.78 is 0. The summed E-state index contributed by atoms with van der Waals surface area (Å²) >= 11 is 0. The molecule has 0 unspecified atom stereocenters. The van der Waals surface area contributed by atoms with E-state index in [1.54, 1.807) is 0 Å². The fraction of sp³-hybridized carbons (Fsp3) is 0.611. The largest absolute Gasteiger partial charge is 0.387 e. The molecule has 1 amide bonds. The maximum Gasteiger partial charge on any atom is 0.253 e. The molecule has 116 valence electrons. The minimum Gasteiger partial charge on any atom is -0.387 e. The number of carbonyl (C=O) groups is 1. The third-order valence-electron chi connectivity index (χ3n) is 4.78. The highest BCUT2D eigenvalue weighted by atomic mass is 16.1. The Labute approximate surface area is 128 Å². The van der Waals surface area contributed by atoms with Crippen LogP contribution in [0.3, 0.4) is 0 Å². The van der Waals surface area contributed by atoms with Crippen molar-refractivity contribution in [2.45, 2.75) is 46.0 Å². The Kier molecular flexibility index (Phi) is 5.66. The van der Waals surface area contributed by atoms with Crippen LogP contribution < -0.4 is 10.6 Å². The predicted molar refractivity (Wildman–Crippen MR) is 88.8 cm³/mol. The first-order valence-electron chi connectivity index (χ1n) is 8.20. The molecule has 0 saturated heterocycles. The zero-order valence-corrected chi connectivity index (χ0v) is 13.5. The summed E-state index contributed by atoms with van der Waals surface area (Å²) in [6.45, 7) is 5.11. The molecule has 1 aromatic carbocycles. The first-order valence-corrected chi connectivity index (χ1v) is 8.20. The lowest BCUT2D eigenvalue weighted by atomic mass is 9.81. The van der Waals surface area contributed by atoms with Gasteiger partial charge in [0.15, 0.2) is 0 Å². The summed E-state index contributed by atoms with van der Waals surface area (Å²) in [6, 6.07) is 5.94. The molecule has 2 rings (SSSR count). The monoisotopic (exact) mass is 288 g/mol. The molecule has 0 radical (unpaired) electrons. The van der Waals surface area contributed by atoms with Gasteiger partial charge in [0, 0.05) is 19.3 Å². The first kappa shape index (κ1) is 15.9. The van der Waals surface area contributed by atoms with Crippen molar-refractivity contribution in [1.82, 2.24) is 5.32 Å². The number of hydrogen-bond donors (Lipinski definition) is 2. The number of carbonyl (C=O) groups excluding carboxylic acids is 1. The molecule has 3 nitrogen and oxygen atoms in total. The van der Waals surface area contributed by atoms with Crippen molar-refractivity contribution in [2.24, 2.45) is 11.8 Å². The Morgan fingerprint density at radius 1 is 1.19 bits per heavy atom. The van der Waals surface area contributed by atoms with Crippen molar-refractivity contribution in [2.75, 3.05) is 18.9 Å². The van der Waals surface area contributed by atoms with E-state index in [2.05, 4.69) is 17.6 Å². The van der Waals surface area contributed by atoms with Gasteiger partial charge in [-0.3, -0.25) is 4.79 Å². The van der Waals surface area contributed by atoms with Crippen molar-refractivity contribution in [3.63, 3.8) is 0 Å². The summed E-state index contributed by atoms with van der Waals surface area (Å²) in [5.74, 6) is 1.60. The van der Waals surface area contributed by atoms with Crippen LogP contribution in [0.4, 0.5) is 5.69 Å². The highest BCUT2D eigenvalue weighted by Gasteiger charge is 2.21. The van der Waals surface area contributed by atoms with Crippen molar-refractivity contribution in [3.8, 4) is 0 Å². The highest BCUT2D eigenvalue weighted by molar-refractivity contribution is 5.99. The van der Waals surface area contributed by atoms with Crippen LogP contribution in [0.2, 0.25) is 0 Å². The third kappa shape index (κ3) is 4.23. The van der Waals surface area contributed by atoms with Gasteiger partial charge in [0.25, 0.3) is 5.91 Å². The molecule has 0 aliphatic heterocycles. The lowest BCUT2D eigenvalue weighted by Gasteiger charge is -2.27. The molecule has 0 bridgehead atoms. The number of rotatable bonds is 5. The molecule has 0 aromatic heterocycles. The van der Waals surface area contributed by atoms with E-state index < -0.39 is 0 Å². The third-order valence-corrected chi connectivity index (χ3v) is 4.78. The average molecular weight is 288 g/mol. The lowest BCUT2D eigenvalue weighted by Crippen LogP contribution is -2.31. The summed E-state index contributed by atoms with van der Waals surface area (Å²) in [7, 11) is 1.85. The van der Waals surface area contributed by atoms with E-state index in [4.69, 9.17) is 0 Å². The minimum atomic E-state index is 0.0423. The number of amides is 1. The van der Waals surface area contributed by atoms with Crippen molar-refractivity contribution in [3.05, 3.63) is 29.3 Å². The van der Waals surface area contributed by atoms with Crippen molar-refractivity contribution < 1.29 is 4.79 Å². The normalized spacial score (nSPS) is 21.9. The zero-order chi connectivity index (χ0) is 15.2. The number of hydrogen-bond acceptors (Lipinski definition) is 2. The van der Waals surface area contributed by atoms with Crippen LogP contribution in [0.15, 0.2) is 18.2 Å². The van der Waals surface area contributed by atoms with Crippen LogP contribution in [0, 0.1) is 18.8 Å². The molecule has 1 aliphatic carbocycles. The van der Waals surface area contributed by atoms with Gasteiger partial charge < -0.3 is 10.6 Å². The minimum absolute atomic E-state index is 0.0423. The molecule has 21 heavy (non-hydrogen) atoms. The Balaban J connectivity index is 1.89. The fourth-order valence-electron chi connectivity index (χ4n) is 3.24. The molecular formula is C18H28N2O. The summed E-state index contributed by atoms with van der Waals surface area (Å²) in [6.07, 6.45) is 6.46. The van der Waals surface area contributed by atoms with Gasteiger partial charge >= 0.3 is 0 Å². The van der Waals surface area contributed by atoms with E-state index in [0.717, 1.165) is 29.3 Å². The maximum absolute atomic E-state index is 12.4. The molecule has 1 saturated carbocycles. The van der Waals surface area contributed by atoms with Gasteiger partial charge in [-0.1, -0.05) is 37.8 Å². The number of nitrogens with one attached hydrogen (secondary N) is 2. The summed E-state index contributed by atoms with van der Waals surface area (Å²) in [5, 5.41) is 6.22. The standard InChI is InChI=1S/C18H28N2O/c1-4-14-6-8-15(9-7-14)12-20-18(21)16-11-13(2)5-10-17(16)19-3/h5,10-11,14-15,19H,4,6-9,12H2,1-3H3,(H,20,21). The highest BCUT2D eigenvalue weighted by Crippen LogP contribution is 2.30. The van der Waals surface area contributed by atoms with Gasteiger partial charge in [-0.25, -0.2) is 0 Å². The smallest absolute Gasteiger partial charge is 0.253 e. The zero-order valence-electron chi connectivity index (χ0n) is 13.5. The molecule has 3 heteroatoms. The molecule has 1 aliphatic rings. The van der Waals surface area contributed by atoms with Gasteiger partial charge in [0.2, 0.25) is 0 Å². The SMILES string of the molecule is CCC1CCC(CNC(=O)c2cc(C)ccc2NC)CC1. The molecule has 0 spiro atoms. The van der Waals surface area contributed by atoms with Crippen LogP contribution in [-0.2, 0) is 0 Å². The van der Waals surface area contributed by atoms with Gasteiger partial charge in [0.1, 0.15) is 0 Å². The van der Waals surface area contributed by atoms with Crippen LogP contribution in [0.25, 0.3) is 0 Å². The number of benzene rings is 1. The lowest BCUT2D eigenvalue weighted by molar-refractivity contribution is 0.0942.